The van der Waals surface area contributed by atoms with Crippen molar-refractivity contribution < 1.29 is 4.79 Å². The first kappa shape index (κ1) is 11.4. The van der Waals surface area contributed by atoms with Crippen LogP contribution in [0.4, 0.5) is 0 Å². The van der Waals surface area contributed by atoms with Crippen LogP contribution in [0.1, 0.15) is 28.7 Å². The molecule has 0 spiro atoms. The number of carbonyl (C=O) groups excluding carboxylic acids is 1. The third-order valence-corrected chi connectivity index (χ3v) is 2.60. The van der Waals surface area contributed by atoms with E-state index in [0.717, 1.165) is 12.2 Å². The number of nitrogens with one attached hydrogen (secondary N) is 2. The van der Waals surface area contributed by atoms with Crippen LogP contribution in [-0.4, -0.2) is 15.9 Å². The molecule has 1 aromatic carbocycles. The van der Waals surface area contributed by atoms with Gasteiger partial charge in [-0.25, -0.2) is 4.98 Å². The number of hydrogen-bond donors (Lipinski definition) is 2. The Labute approximate surface area is 100 Å². The zero-order chi connectivity index (χ0) is 12.1. The summed E-state index contributed by atoms with van der Waals surface area (Å²) in [6, 6.07) is 7.64. The molecule has 1 amide bonds. The first-order valence-electron chi connectivity index (χ1n) is 5.65. The minimum atomic E-state index is -0.0796. The molecule has 88 valence electrons. The molecule has 4 nitrogen and oxygen atoms in total. The number of benzene rings is 1. The van der Waals surface area contributed by atoms with Gasteiger partial charge < -0.3 is 10.3 Å². The van der Waals surface area contributed by atoms with E-state index in [0.29, 0.717) is 12.1 Å². The molecule has 0 fully saturated rings. The van der Waals surface area contributed by atoms with E-state index in [4.69, 9.17) is 0 Å². The van der Waals surface area contributed by atoms with Gasteiger partial charge in [-0.1, -0.05) is 19.1 Å². The van der Waals surface area contributed by atoms with Crippen LogP contribution < -0.4 is 5.32 Å². The first-order chi connectivity index (χ1) is 8.29. The summed E-state index contributed by atoms with van der Waals surface area (Å²) in [6.07, 6.45) is 4.38. The molecule has 0 saturated carbocycles. The van der Waals surface area contributed by atoms with E-state index in [2.05, 4.69) is 22.2 Å². The van der Waals surface area contributed by atoms with Gasteiger partial charge in [-0.2, -0.15) is 0 Å². The summed E-state index contributed by atoms with van der Waals surface area (Å²) < 4.78 is 0. The second kappa shape index (κ2) is 5.30. The van der Waals surface area contributed by atoms with Gasteiger partial charge in [0.25, 0.3) is 5.91 Å². The van der Waals surface area contributed by atoms with Crippen LogP contribution in [0, 0.1) is 0 Å². The van der Waals surface area contributed by atoms with Gasteiger partial charge in [-0.05, 0) is 24.1 Å². The second-order valence-corrected chi connectivity index (χ2v) is 3.77. The Hall–Kier alpha value is -2.10. The Morgan fingerprint density at radius 2 is 2.12 bits per heavy atom. The van der Waals surface area contributed by atoms with Crippen LogP contribution in [0.25, 0.3) is 0 Å². The topological polar surface area (TPSA) is 57.8 Å². The van der Waals surface area contributed by atoms with E-state index >= 15 is 0 Å². The van der Waals surface area contributed by atoms with E-state index < -0.39 is 0 Å². The molecule has 17 heavy (non-hydrogen) atoms. The summed E-state index contributed by atoms with van der Waals surface area (Å²) in [4.78, 5) is 18.8. The predicted molar refractivity (Wildman–Crippen MR) is 65.6 cm³/mol. The van der Waals surface area contributed by atoms with Crippen molar-refractivity contribution in [3.8, 4) is 0 Å². The van der Waals surface area contributed by atoms with Gasteiger partial charge in [0.15, 0.2) is 0 Å². The summed E-state index contributed by atoms with van der Waals surface area (Å²) in [6.45, 7) is 2.51. The number of H-pyrrole nitrogens is 1. The van der Waals surface area contributed by atoms with Crippen molar-refractivity contribution in [3.63, 3.8) is 0 Å². The van der Waals surface area contributed by atoms with Crippen molar-refractivity contribution >= 4 is 5.91 Å². The SMILES string of the molecule is CCc1ccc(C(=O)NCc2ncc[nH]2)cc1. The Morgan fingerprint density at radius 3 is 2.71 bits per heavy atom. The summed E-state index contributed by atoms with van der Waals surface area (Å²) >= 11 is 0. The third-order valence-electron chi connectivity index (χ3n) is 2.60. The second-order valence-electron chi connectivity index (χ2n) is 3.77. The maximum absolute atomic E-state index is 11.8. The number of aryl methyl sites for hydroxylation is 1. The lowest BCUT2D eigenvalue weighted by atomic mass is 10.1. The molecule has 0 radical (unpaired) electrons. The Balaban J connectivity index is 1.95. The Kier molecular flexibility index (Phi) is 3.55. The molecule has 1 aromatic heterocycles. The maximum atomic E-state index is 11.8. The summed E-state index contributed by atoms with van der Waals surface area (Å²) in [5.74, 6) is 0.674. The third kappa shape index (κ3) is 2.93. The highest BCUT2D eigenvalue weighted by atomic mass is 16.1. The summed E-state index contributed by atoms with van der Waals surface area (Å²) in [7, 11) is 0. The molecule has 0 aliphatic rings. The molecule has 0 aliphatic heterocycles. The number of imidazole rings is 1. The van der Waals surface area contributed by atoms with Crippen molar-refractivity contribution in [3.05, 3.63) is 53.6 Å². The molecule has 0 unspecified atom stereocenters. The zero-order valence-electron chi connectivity index (χ0n) is 9.73. The minimum Gasteiger partial charge on any atom is -0.347 e. The monoisotopic (exact) mass is 229 g/mol. The lowest BCUT2D eigenvalue weighted by Gasteiger charge is -2.04. The van der Waals surface area contributed by atoms with Crippen molar-refractivity contribution in [2.75, 3.05) is 0 Å². The van der Waals surface area contributed by atoms with Crippen LogP contribution in [0.3, 0.4) is 0 Å². The highest BCUT2D eigenvalue weighted by molar-refractivity contribution is 5.94. The lowest BCUT2D eigenvalue weighted by molar-refractivity contribution is 0.0950. The van der Waals surface area contributed by atoms with Gasteiger partial charge in [-0.3, -0.25) is 4.79 Å². The average molecular weight is 229 g/mol. The van der Waals surface area contributed by atoms with E-state index in [-0.39, 0.29) is 5.91 Å². The van der Waals surface area contributed by atoms with Crippen molar-refractivity contribution in [2.24, 2.45) is 0 Å². The fourth-order valence-corrected chi connectivity index (χ4v) is 1.55. The Bertz CT molecular complexity index is 474. The molecule has 2 aromatic rings. The molecule has 1 heterocycles. The number of aromatic nitrogens is 2. The number of amides is 1. The molecule has 4 heteroatoms. The highest BCUT2D eigenvalue weighted by Gasteiger charge is 2.05. The van der Waals surface area contributed by atoms with E-state index in [1.807, 2.05) is 24.3 Å². The van der Waals surface area contributed by atoms with Gasteiger partial charge in [0.05, 0.1) is 6.54 Å². The summed E-state index contributed by atoms with van der Waals surface area (Å²) in [5.41, 5.74) is 1.90. The highest BCUT2D eigenvalue weighted by Crippen LogP contribution is 2.05. The van der Waals surface area contributed by atoms with Crippen LogP contribution >= 0.6 is 0 Å². The van der Waals surface area contributed by atoms with E-state index in [1.54, 1.807) is 12.4 Å². The maximum Gasteiger partial charge on any atom is 0.251 e. The van der Waals surface area contributed by atoms with E-state index in [9.17, 15) is 4.79 Å². The quantitative estimate of drug-likeness (QED) is 0.841. The number of hydrogen-bond acceptors (Lipinski definition) is 2. The fourth-order valence-electron chi connectivity index (χ4n) is 1.55. The van der Waals surface area contributed by atoms with Gasteiger partial charge in [0.2, 0.25) is 0 Å². The van der Waals surface area contributed by atoms with Gasteiger partial charge >= 0.3 is 0 Å². The summed E-state index contributed by atoms with van der Waals surface area (Å²) in [5, 5.41) is 2.81. The molecule has 0 aliphatic carbocycles. The number of rotatable bonds is 4. The average Bonchev–Trinajstić information content (AvgIpc) is 2.89. The van der Waals surface area contributed by atoms with Crippen molar-refractivity contribution in [2.45, 2.75) is 19.9 Å². The van der Waals surface area contributed by atoms with Gasteiger partial charge in [0, 0.05) is 18.0 Å². The molecule has 2 N–H and O–H groups in total. The largest absolute Gasteiger partial charge is 0.347 e. The molecule has 0 bridgehead atoms. The first-order valence-corrected chi connectivity index (χ1v) is 5.65. The Morgan fingerprint density at radius 1 is 1.35 bits per heavy atom. The normalized spacial score (nSPS) is 10.2. The molecule has 0 saturated heterocycles. The van der Waals surface area contributed by atoms with Crippen molar-refractivity contribution in [1.29, 1.82) is 0 Å². The fraction of sp³-hybridized carbons (Fsp3) is 0.231. The molecule has 0 atom stereocenters. The minimum absolute atomic E-state index is 0.0796. The predicted octanol–water partition coefficient (Wildman–Crippen LogP) is 1.90. The number of aromatic amines is 1. The standard InChI is InChI=1S/C13H15N3O/c1-2-10-3-5-11(6-4-10)13(17)16-9-12-14-7-8-15-12/h3-8H,2,9H2,1H3,(H,14,15)(H,16,17). The van der Waals surface area contributed by atoms with Crippen LogP contribution in [0.15, 0.2) is 36.7 Å². The smallest absolute Gasteiger partial charge is 0.251 e. The lowest BCUT2D eigenvalue weighted by Crippen LogP contribution is -2.23. The molecule has 2 rings (SSSR count). The van der Waals surface area contributed by atoms with Crippen LogP contribution in [0.2, 0.25) is 0 Å². The van der Waals surface area contributed by atoms with E-state index in [1.165, 1.54) is 5.56 Å². The number of nitrogens with zero attached hydrogens (tertiary/aromatic N) is 1. The van der Waals surface area contributed by atoms with Crippen LogP contribution in [0.5, 0.6) is 0 Å². The molecular formula is C13H15N3O. The van der Waals surface area contributed by atoms with Gasteiger partial charge in [0.1, 0.15) is 5.82 Å². The van der Waals surface area contributed by atoms with Gasteiger partial charge in [-0.15, -0.1) is 0 Å². The zero-order valence-corrected chi connectivity index (χ0v) is 9.73. The molecular weight excluding hydrogens is 214 g/mol. The van der Waals surface area contributed by atoms with Crippen LogP contribution in [-0.2, 0) is 13.0 Å². The van der Waals surface area contributed by atoms with Crippen molar-refractivity contribution in [1.82, 2.24) is 15.3 Å². The number of carbonyl (C=O) groups is 1.